The molecule has 0 radical (unpaired) electrons. The van der Waals surface area contributed by atoms with Crippen LogP contribution in [-0.2, 0) is 24.4 Å². The van der Waals surface area contributed by atoms with Gasteiger partial charge in [0.1, 0.15) is 18.2 Å². The molecule has 0 fully saturated rings. The Labute approximate surface area is 271 Å². The lowest BCUT2D eigenvalue weighted by Crippen LogP contribution is -2.29. The fraction of sp³-hybridized carbons (Fsp3) is 0.216. The lowest BCUT2D eigenvalue weighted by Gasteiger charge is -2.21. The molecular weight excluding hydrogens is 597 g/mol. The van der Waals surface area contributed by atoms with E-state index in [0.29, 0.717) is 46.9 Å². The monoisotopic (exact) mass is 633 g/mol. The quantitative estimate of drug-likeness (QED) is 0.188. The van der Waals surface area contributed by atoms with Crippen molar-refractivity contribution in [3.8, 4) is 11.4 Å². The number of hydrogen-bond donors (Lipinski definition) is 2. The highest BCUT2D eigenvalue weighted by atomic mass is 19.1. The van der Waals surface area contributed by atoms with Gasteiger partial charge in [0.25, 0.3) is 11.1 Å². The van der Waals surface area contributed by atoms with Crippen molar-refractivity contribution >= 4 is 22.5 Å². The van der Waals surface area contributed by atoms with Crippen molar-refractivity contribution in [3.63, 3.8) is 0 Å². The zero-order valence-electron chi connectivity index (χ0n) is 26.3. The summed E-state index contributed by atoms with van der Waals surface area (Å²) in [6.07, 6.45) is 8.23. The number of anilines is 1. The van der Waals surface area contributed by atoms with Crippen LogP contribution in [0.2, 0.25) is 0 Å². The summed E-state index contributed by atoms with van der Waals surface area (Å²) in [4.78, 5) is 41.4. The molecule has 0 aliphatic heterocycles. The number of benzene rings is 3. The first-order valence-electron chi connectivity index (χ1n) is 15.5. The van der Waals surface area contributed by atoms with Gasteiger partial charge in [-0.25, -0.2) is 9.07 Å². The average molecular weight is 634 g/mol. The summed E-state index contributed by atoms with van der Waals surface area (Å²) in [6, 6.07) is 22.3. The Hall–Kier alpha value is -5.48. The molecule has 0 saturated carbocycles. The molecule has 0 unspecified atom stereocenters. The number of aromatic amines is 1. The fourth-order valence-corrected chi connectivity index (χ4v) is 5.86. The molecule has 47 heavy (non-hydrogen) atoms. The third-order valence-electron chi connectivity index (χ3n) is 8.04. The Bertz CT molecular complexity index is 2110. The second-order valence-electron chi connectivity index (χ2n) is 11.8. The first-order valence-corrected chi connectivity index (χ1v) is 15.5. The Balaban J connectivity index is 1.36. The Morgan fingerprint density at radius 3 is 2.53 bits per heavy atom. The van der Waals surface area contributed by atoms with E-state index in [4.69, 9.17) is 4.74 Å². The van der Waals surface area contributed by atoms with Gasteiger partial charge in [-0.2, -0.15) is 0 Å². The molecule has 240 valence electrons. The average Bonchev–Trinajstić information content (AvgIpc) is 3.37. The molecule has 1 amide bonds. The molecular formula is C37H36FN5O4. The molecule has 1 aliphatic rings. The summed E-state index contributed by atoms with van der Waals surface area (Å²) in [6.45, 7) is 2.74. The normalized spacial score (nSPS) is 12.8. The number of aromatic nitrogens is 3. The van der Waals surface area contributed by atoms with Crippen molar-refractivity contribution in [1.82, 2.24) is 19.2 Å². The number of pyridine rings is 1. The zero-order valence-corrected chi connectivity index (χ0v) is 26.3. The van der Waals surface area contributed by atoms with Crippen molar-refractivity contribution in [3.05, 3.63) is 146 Å². The Kier molecular flexibility index (Phi) is 9.30. The van der Waals surface area contributed by atoms with Crippen LogP contribution in [0.4, 0.5) is 10.1 Å². The van der Waals surface area contributed by atoms with Crippen molar-refractivity contribution in [2.45, 2.75) is 39.4 Å². The Morgan fingerprint density at radius 1 is 1.00 bits per heavy atom. The number of amides is 1. The summed E-state index contributed by atoms with van der Waals surface area (Å²) in [5.41, 5.74) is 4.31. The van der Waals surface area contributed by atoms with E-state index in [9.17, 15) is 18.8 Å². The van der Waals surface area contributed by atoms with Crippen molar-refractivity contribution in [2.24, 2.45) is 0 Å². The lowest BCUT2D eigenvalue weighted by molar-refractivity contribution is -0.114. The maximum absolute atomic E-state index is 14.1. The van der Waals surface area contributed by atoms with E-state index in [1.165, 1.54) is 35.4 Å². The number of hydrogen-bond acceptors (Lipinski definition) is 5. The molecule has 5 aromatic rings. The molecule has 2 N–H and O–H groups in total. The summed E-state index contributed by atoms with van der Waals surface area (Å²) in [5.74, 6) is 0.156. The highest BCUT2D eigenvalue weighted by Gasteiger charge is 2.20. The zero-order chi connectivity index (χ0) is 32.9. The summed E-state index contributed by atoms with van der Waals surface area (Å²) in [7, 11) is 1.86. The minimum atomic E-state index is -0.331. The molecule has 0 atom stereocenters. The van der Waals surface area contributed by atoms with Crippen molar-refractivity contribution in [1.29, 1.82) is 0 Å². The van der Waals surface area contributed by atoms with Gasteiger partial charge in [-0.3, -0.25) is 24.4 Å². The first-order chi connectivity index (χ1) is 22.7. The van der Waals surface area contributed by atoms with Gasteiger partial charge in [-0.15, -0.1) is 0 Å². The van der Waals surface area contributed by atoms with E-state index in [0.717, 1.165) is 24.0 Å². The van der Waals surface area contributed by atoms with Gasteiger partial charge >= 0.3 is 0 Å². The Morgan fingerprint density at radius 2 is 1.79 bits per heavy atom. The third kappa shape index (κ3) is 7.50. The number of nitrogens with zero attached hydrogens (tertiary/aromatic N) is 3. The number of ether oxygens (including phenoxy) is 1. The highest BCUT2D eigenvalue weighted by Crippen LogP contribution is 2.22. The van der Waals surface area contributed by atoms with Gasteiger partial charge in [-0.1, -0.05) is 42.5 Å². The molecule has 9 nitrogen and oxygen atoms in total. The van der Waals surface area contributed by atoms with Crippen LogP contribution in [0.3, 0.4) is 0 Å². The second-order valence-corrected chi connectivity index (χ2v) is 11.8. The van der Waals surface area contributed by atoms with Gasteiger partial charge < -0.3 is 14.6 Å². The first kappa shape index (κ1) is 31.5. The molecule has 10 heteroatoms. The van der Waals surface area contributed by atoms with Crippen LogP contribution in [0.25, 0.3) is 16.6 Å². The van der Waals surface area contributed by atoms with Crippen LogP contribution in [-0.4, -0.2) is 38.8 Å². The summed E-state index contributed by atoms with van der Waals surface area (Å²) in [5, 5.41) is 6.29. The van der Waals surface area contributed by atoms with Gasteiger partial charge in [0, 0.05) is 31.8 Å². The SMILES string of the molecule is CC(=O)Nc1cccc(Cn2c(CN(C)Cc3cccc(F)c3)c3c(=O)n(-c4ccc(OCC5=CC=CCC5)cc4)[nH]c3cc2=O)c1. The van der Waals surface area contributed by atoms with E-state index in [1.807, 2.05) is 42.3 Å². The molecule has 1 aliphatic carbocycles. The number of carbonyl (C=O) groups excluding carboxylic acids is 1. The number of H-pyrrole nitrogens is 1. The molecule has 3 aromatic carbocycles. The molecule has 0 saturated heterocycles. The standard InChI is InChI=1S/C37H36FN5O4/c1-25(44)39-30-13-7-11-28(19-30)22-42-34(23-41(2)21-27-10-6-12-29(38)18-27)36-33(20-35(42)45)40-43(37(36)46)31-14-16-32(17-15-31)47-24-26-8-4-3-5-9-26/h3-4,6-8,10-20,40H,5,9,21-24H2,1-2H3,(H,39,44). The molecule has 0 bridgehead atoms. The van der Waals surface area contributed by atoms with Gasteiger partial charge in [0.05, 0.1) is 28.8 Å². The van der Waals surface area contributed by atoms with Crippen LogP contribution in [0.15, 0.2) is 112 Å². The second kappa shape index (κ2) is 13.9. The molecule has 0 spiro atoms. The van der Waals surface area contributed by atoms with E-state index in [2.05, 4.69) is 22.6 Å². The number of carbonyl (C=O) groups is 1. The number of allylic oxidation sites excluding steroid dienone is 3. The largest absolute Gasteiger partial charge is 0.489 e. The predicted octanol–water partition coefficient (Wildman–Crippen LogP) is 5.91. The maximum atomic E-state index is 14.1. The minimum absolute atomic E-state index is 0.175. The minimum Gasteiger partial charge on any atom is -0.489 e. The van der Waals surface area contributed by atoms with E-state index >= 15 is 0 Å². The van der Waals surface area contributed by atoms with Crippen LogP contribution in [0.5, 0.6) is 5.75 Å². The molecule has 2 heterocycles. The van der Waals surface area contributed by atoms with Crippen LogP contribution < -0.4 is 21.2 Å². The third-order valence-corrected chi connectivity index (χ3v) is 8.04. The van der Waals surface area contributed by atoms with Crippen molar-refractivity contribution in [2.75, 3.05) is 19.0 Å². The van der Waals surface area contributed by atoms with Gasteiger partial charge in [0.15, 0.2) is 0 Å². The summed E-state index contributed by atoms with van der Waals surface area (Å²) >= 11 is 0. The van der Waals surface area contributed by atoms with Crippen LogP contribution in [0.1, 0.15) is 36.6 Å². The molecule has 2 aromatic heterocycles. The topological polar surface area (TPSA) is 101 Å². The van der Waals surface area contributed by atoms with E-state index in [1.54, 1.807) is 41.0 Å². The highest BCUT2D eigenvalue weighted by molar-refractivity contribution is 5.88. The number of nitrogens with one attached hydrogen (secondary N) is 2. The van der Waals surface area contributed by atoms with Crippen LogP contribution >= 0.6 is 0 Å². The smallest absolute Gasteiger partial charge is 0.280 e. The maximum Gasteiger partial charge on any atom is 0.280 e. The van der Waals surface area contributed by atoms with Crippen molar-refractivity contribution < 1.29 is 13.9 Å². The van der Waals surface area contributed by atoms with E-state index < -0.39 is 0 Å². The molecule has 6 rings (SSSR count). The fourth-order valence-electron chi connectivity index (χ4n) is 5.86. The van der Waals surface area contributed by atoms with Gasteiger partial charge in [-0.05, 0) is 85.1 Å². The number of halogens is 1. The van der Waals surface area contributed by atoms with Gasteiger partial charge in [0.2, 0.25) is 5.91 Å². The van der Waals surface area contributed by atoms with E-state index in [-0.39, 0.29) is 35.9 Å². The predicted molar refractivity (Wildman–Crippen MR) is 182 cm³/mol. The summed E-state index contributed by atoms with van der Waals surface area (Å²) < 4.78 is 22.9. The number of rotatable bonds is 11. The lowest BCUT2D eigenvalue weighted by atomic mass is 10.1. The number of fused-ring (bicyclic) bond motifs is 1. The van der Waals surface area contributed by atoms with Crippen LogP contribution in [0, 0.1) is 5.82 Å².